The summed E-state index contributed by atoms with van der Waals surface area (Å²) in [6.07, 6.45) is 1.85. The molecule has 1 fully saturated rings. The number of nitrogens with zero attached hydrogens (tertiary/aromatic N) is 4. The SMILES string of the molecule is O=C(c1cc(NCc2nc(-c3cccs3)n[nH]2)ccc1[N+](=O)[O-])N1CCCC1. The fourth-order valence-corrected chi connectivity index (χ4v) is 3.80. The summed E-state index contributed by atoms with van der Waals surface area (Å²) in [5.41, 5.74) is 0.540. The molecule has 10 heteroatoms. The molecule has 0 bridgehead atoms. The molecule has 4 rings (SSSR count). The number of hydrogen-bond donors (Lipinski definition) is 2. The fourth-order valence-electron chi connectivity index (χ4n) is 3.14. The van der Waals surface area contributed by atoms with Gasteiger partial charge in [-0.1, -0.05) is 6.07 Å². The van der Waals surface area contributed by atoms with E-state index < -0.39 is 4.92 Å². The van der Waals surface area contributed by atoms with Crippen LogP contribution >= 0.6 is 11.3 Å². The Morgan fingerprint density at radius 2 is 2.14 bits per heavy atom. The van der Waals surface area contributed by atoms with Crippen molar-refractivity contribution >= 4 is 28.6 Å². The minimum absolute atomic E-state index is 0.105. The van der Waals surface area contributed by atoms with Crippen LogP contribution in [0.1, 0.15) is 29.0 Å². The summed E-state index contributed by atoms with van der Waals surface area (Å²) in [5.74, 6) is 0.960. The van der Waals surface area contributed by atoms with E-state index in [9.17, 15) is 14.9 Å². The molecule has 1 aliphatic heterocycles. The Balaban J connectivity index is 1.51. The molecule has 1 aliphatic rings. The van der Waals surface area contributed by atoms with E-state index >= 15 is 0 Å². The molecule has 2 aromatic heterocycles. The lowest BCUT2D eigenvalue weighted by Gasteiger charge is -2.16. The van der Waals surface area contributed by atoms with Gasteiger partial charge in [-0.15, -0.1) is 11.3 Å². The number of H-pyrrole nitrogens is 1. The maximum absolute atomic E-state index is 12.7. The smallest absolute Gasteiger partial charge is 0.282 e. The molecule has 0 aliphatic carbocycles. The summed E-state index contributed by atoms with van der Waals surface area (Å²) in [6.45, 7) is 1.63. The largest absolute Gasteiger partial charge is 0.378 e. The molecule has 0 radical (unpaired) electrons. The first kappa shape index (κ1) is 18.1. The molecule has 2 N–H and O–H groups in total. The average molecular weight is 398 g/mol. The minimum atomic E-state index is -0.517. The summed E-state index contributed by atoms with van der Waals surface area (Å²) in [7, 11) is 0. The van der Waals surface area contributed by atoms with Gasteiger partial charge in [0.25, 0.3) is 11.6 Å². The van der Waals surface area contributed by atoms with Crippen molar-refractivity contribution in [3.8, 4) is 10.7 Å². The molecule has 9 nitrogen and oxygen atoms in total. The molecule has 0 spiro atoms. The first-order valence-corrected chi connectivity index (χ1v) is 9.76. The molecule has 0 saturated carbocycles. The third-order valence-electron chi connectivity index (χ3n) is 4.55. The molecule has 0 atom stereocenters. The van der Waals surface area contributed by atoms with Crippen molar-refractivity contribution in [2.24, 2.45) is 0 Å². The highest BCUT2D eigenvalue weighted by Gasteiger charge is 2.27. The Kier molecular flexibility index (Phi) is 5.02. The highest BCUT2D eigenvalue weighted by Crippen LogP contribution is 2.26. The van der Waals surface area contributed by atoms with Crippen molar-refractivity contribution in [2.75, 3.05) is 18.4 Å². The first-order valence-electron chi connectivity index (χ1n) is 8.88. The predicted octanol–water partition coefficient (Wildman–Crippen LogP) is 3.29. The number of nitro benzene ring substituents is 1. The van der Waals surface area contributed by atoms with Crippen molar-refractivity contribution in [3.63, 3.8) is 0 Å². The van der Waals surface area contributed by atoms with Gasteiger partial charge in [-0.3, -0.25) is 20.0 Å². The van der Waals surface area contributed by atoms with Crippen LogP contribution in [0.4, 0.5) is 11.4 Å². The van der Waals surface area contributed by atoms with Gasteiger partial charge in [0.15, 0.2) is 5.82 Å². The molecule has 1 aromatic carbocycles. The van der Waals surface area contributed by atoms with E-state index in [2.05, 4.69) is 20.5 Å². The van der Waals surface area contributed by atoms with E-state index in [1.165, 1.54) is 12.1 Å². The zero-order valence-electron chi connectivity index (χ0n) is 14.9. The van der Waals surface area contributed by atoms with Crippen molar-refractivity contribution in [3.05, 3.63) is 57.2 Å². The van der Waals surface area contributed by atoms with Gasteiger partial charge in [0.2, 0.25) is 0 Å². The molecular weight excluding hydrogens is 380 g/mol. The lowest BCUT2D eigenvalue weighted by atomic mass is 10.1. The van der Waals surface area contributed by atoms with Gasteiger partial charge in [-0.05, 0) is 36.4 Å². The summed E-state index contributed by atoms with van der Waals surface area (Å²) < 4.78 is 0. The van der Waals surface area contributed by atoms with Crippen molar-refractivity contribution in [1.29, 1.82) is 0 Å². The maximum atomic E-state index is 12.7. The number of aromatic nitrogens is 3. The number of carbonyl (C=O) groups is 1. The van der Waals surface area contributed by atoms with Gasteiger partial charge in [-0.25, -0.2) is 4.98 Å². The Morgan fingerprint density at radius 3 is 2.86 bits per heavy atom. The monoisotopic (exact) mass is 398 g/mol. The lowest BCUT2D eigenvalue weighted by molar-refractivity contribution is -0.385. The third-order valence-corrected chi connectivity index (χ3v) is 5.42. The van der Waals surface area contributed by atoms with E-state index in [0.717, 1.165) is 17.7 Å². The number of thiophene rings is 1. The zero-order chi connectivity index (χ0) is 19.5. The number of rotatable bonds is 6. The molecule has 0 unspecified atom stereocenters. The van der Waals surface area contributed by atoms with Crippen molar-refractivity contribution in [2.45, 2.75) is 19.4 Å². The number of likely N-dealkylation sites (tertiary alicyclic amines) is 1. The van der Waals surface area contributed by atoms with Crippen LogP contribution in [0, 0.1) is 10.1 Å². The number of amides is 1. The Labute approximate surface area is 164 Å². The highest BCUT2D eigenvalue weighted by atomic mass is 32.1. The normalized spacial score (nSPS) is 13.6. The standard InChI is InChI=1S/C18H18N6O3S/c25-18(23-7-1-2-8-23)13-10-12(5-6-14(13)24(26)27)19-11-16-20-17(22-21-16)15-4-3-9-28-15/h3-6,9-10,19H,1-2,7-8,11H2,(H,20,21,22). The summed E-state index contributed by atoms with van der Waals surface area (Å²) in [4.78, 5) is 30.6. The topological polar surface area (TPSA) is 117 Å². The predicted molar refractivity (Wildman–Crippen MR) is 105 cm³/mol. The van der Waals surface area contributed by atoms with Gasteiger partial charge >= 0.3 is 0 Å². The van der Waals surface area contributed by atoms with E-state index in [-0.39, 0.29) is 17.2 Å². The van der Waals surface area contributed by atoms with Gasteiger partial charge in [-0.2, -0.15) is 5.10 Å². The number of benzene rings is 1. The van der Waals surface area contributed by atoms with Crippen LogP contribution in [0.5, 0.6) is 0 Å². The molecule has 144 valence electrons. The average Bonchev–Trinajstić information content (AvgIpc) is 3.47. The van der Waals surface area contributed by atoms with Crippen LogP contribution in [-0.2, 0) is 6.54 Å². The fraction of sp³-hybridized carbons (Fsp3) is 0.278. The Morgan fingerprint density at radius 1 is 1.32 bits per heavy atom. The quantitative estimate of drug-likeness (QED) is 0.486. The van der Waals surface area contributed by atoms with Crippen LogP contribution in [0.2, 0.25) is 0 Å². The summed E-state index contributed by atoms with van der Waals surface area (Å²) in [6, 6.07) is 8.37. The summed E-state index contributed by atoms with van der Waals surface area (Å²) in [5, 5.41) is 23.5. The van der Waals surface area contributed by atoms with Gasteiger partial charge in [0.1, 0.15) is 11.4 Å². The second-order valence-corrected chi connectivity index (χ2v) is 7.37. The third kappa shape index (κ3) is 3.72. The second kappa shape index (κ2) is 7.77. The van der Waals surface area contributed by atoms with Crippen molar-refractivity contribution in [1.82, 2.24) is 20.1 Å². The highest BCUT2D eigenvalue weighted by molar-refractivity contribution is 7.13. The molecule has 3 aromatic rings. The van der Waals surface area contributed by atoms with Crippen molar-refractivity contribution < 1.29 is 9.72 Å². The van der Waals surface area contributed by atoms with Crippen LogP contribution in [0.3, 0.4) is 0 Å². The number of aromatic amines is 1. The van der Waals surface area contributed by atoms with E-state index in [1.807, 2.05) is 17.5 Å². The van der Waals surface area contributed by atoms with Gasteiger partial charge in [0, 0.05) is 24.8 Å². The van der Waals surface area contributed by atoms with E-state index in [0.29, 0.717) is 37.0 Å². The maximum Gasteiger partial charge on any atom is 0.282 e. The number of carbonyl (C=O) groups excluding carboxylic acids is 1. The van der Waals surface area contributed by atoms with Crippen LogP contribution in [0.25, 0.3) is 10.7 Å². The zero-order valence-corrected chi connectivity index (χ0v) is 15.7. The minimum Gasteiger partial charge on any atom is -0.378 e. The number of nitrogens with one attached hydrogen (secondary N) is 2. The van der Waals surface area contributed by atoms with Crippen LogP contribution in [0.15, 0.2) is 35.7 Å². The van der Waals surface area contributed by atoms with Crippen LogP contribution < -0.4 is 5.32 Å². The molecule has 1 saturated heterocycles. The first-order chi connectivity index (χ1) is 13.6. The lowest BCUT2D eigenvalue weighted by Crippen LogP contribution is -2.28. The molecular formula is C18H18N6O3S. The number of anilines is 1. The Hall–Kier alpha value is -3.27. The van der Waals surface area contributed by atoms with E-state index in [4.69, 9.17) is 0 Å². The number of nitro groups is 1. The summed E-state index contributed by atoms with van der Waals surface area (Å²) >= 11 is 1.55. The molecule has 28 heavy (non-hydrogen) atoms. The Bertz CT molecular complexity index is 995. The molecule has 3 heterocycles. The number of hydrogen-bond acceptors (Lipinski definition) is 7. The van der Waals surface area contributed by atoms with E-state index in [1.54, 1.807) is 22.3 Å². The van der Waals surface area contributed by atoms with Gasteiger partial charge < -0.3 is 10.2 Å². The van der Waals surface area contributed by atoms with Gasteiger partial charge in [0.05, 0.1) is 16.3 Å². The molecule has 1 amide bonds. The second-order valence-electron chi connectivity index (χ2n) is 6.42. The van der Waals surface area contributed by atoms with Crippen LogP contribution in [-0.4, -0.2) is 44.0 Å².